The molecule has 2 N–H and O–H groups in total. The van der Waals surface area contributed by atoms with Crippen molar-refractivity contribution in [2.24, 2.45) is 0 Å². The van der Waals surface area contributed by atoms with Crippen LogP contribution in [0.2, 0.25) is 0 Å². The van der Waals surface area contributed by atoms with Crippen molar-refractivity contribution in [3.63, 3.8) is 0 Å². The highest BCUT2D eigenvalue weighted by Gasteiger charge is 1.94. The van der Waals surface area contributed by atoms with Crippen LogP contribution in [-0.4, -0.2) is 27.2 Å². The van der Waals surface area contributed by atoms with Crippen molar-refractivity contribution >= 4 is 0 Å². The molecule has 0 fully saturated rings. The summed E-state index contributed by atoms with van der Waals surface area (Å²) in [6, 6.07) is 0. The number of hydrogen-bond acceptors (Lipinski definition) is 2. The van der Waals surface area contributed by atoms with Crippen molar-refractivity contribution in [1.82, 2.24) is 10.6 Å². The summed E-state index contributed by atoms with van der Waals surface area (Å²) < 4.78 is 0. The molecule has 0 radical (unpaired) electrons. The average molecular weight is 299 g/mol. The van der Waals surface area contributed by atoms with E-state index < -0.39 is 0 Å². The fourth-order valence-corrected chi connectivity index (χ4v) is 2.90. The molecule has 0 atom stereocenters. The molecular weight excluding hydrogens is 256 g/mol. The van der Waals surface area contributed by atoms with Crippen LogP contribution in [0.5, 0.6) is 0 Å². The molecule has 0 rings (SSSR count). The zero-order chi connectivity index (χ0) is 15.4. The van der Waals surface area contributed by atoms with E-state index in [1.54, 1.807) is 0 Å². The highest BCUT2D eigenvalue weighted by atomic mass is 14.8. The molecule has 2 heteroatoms. The van der Waals surface area contributed by atoms with Gasteiger partial charge in [0.2, 0.25) is 0 Å². The van der Waals surface area contributed by atoms with E-state index in [4.69, 9.17) is 0 Å². The summed E-state index contributed by atoms with van der Waals surface area (Å²) in [5.41, 5.74) is 0. The maximum atomic E-state index is 3.22. The van der Waals surface area contributed by atoms with Gasteiger partial charge in [0.1, 0.15) is 0 Å². The molecule has 0 aromatic carbocycles. The molecule has 0 saturated carbocycles. The van der Waals surface area contributed by atoms with E-state index in [0.717, 1.165) is 0 Å². The minimum Gasteiger partial charge on any atom is -0.320 e. The topological polar surface area (TPSA) is 24.1 Å². The number of nitrogens with one attached hydrogen (secondary N) is 2. The summed E-state index contributed by atoms with van der Waals surface area (Å²) in [7, 11) is 4.09. The summed E-state index contributed by atoms with van der Waals surface area (Å²) >= 11 is 0. The Bertz CT molecular complexity index is 153. The fraction of sp³-hybridized carbons (Fsp3) is 1.00. The van der Waals surface area contributed by atoms with E-state index in [1.807, 2.05) is 14.1 Å². The Morgan fingerprint density at radius 2 is 0.524 bits per heavy atom. The van der Waals surface area contributed by atoms with Gasteiger partial charge in [0, 0.05) is 0 Å². The van der Waals surface area contributed by atoms with Crippen LogP contribution >= 0.6 is 0 Å². The van der Waals surface area contributed by atoms with Gasteiger partial charge in [-0.3, -0.25) is 0 Å². The first-order chi connectivity index (χ1) is 10.4. The van der Waals surface area contributed by atoms with Crippen LogP contribution in [-0.2, 0) is 0 Å². The van der Waals surface area contributed by atoms with Gasteiger partial charge in [0.15, 0.2) is 0 Å². The van der Waals surface area contributed by atoms with E-state index in [1.165, 1.54) is 109 Å². The highest BCUT2D eigenvalue weighted by molar-refractivity contribution is 4.50. The summed E-state index contributed by atoms with van der Waals surface area (Å²) in [6.07, 6.45) is 21.6. The molecular formula is C19H42N2. The van der Waals surface area contributed by atoms with E-state index in [2.05, 4.69) is 10.6 Å². The molecule has 0 aromatic rings. The number of hydrogen-bond donors (Lipinski definition) is 2. The SMILES string of the molecule is CNCCCCCCCCCCCCCCCCCNC. The Hall–Kier alpha value is -0.0800. The van der Waals surface area contributed by atoms with Crippen LogP contribution in [0.1, 0.15) is 96.3 Å². The molecule has 0 aliphatic carbocycles. The first-order valence-electron chi connectivity index (χ1n) is 9.71. The minimum absolute atomic E-state index is 1.19. The fourth-order valence-electron chi connectivity index (χ4n) is 2.90. The monoisotopic (exact) mass is 298 g/mol. The van der Waals surface area contributed by atoms with Crippen LogP contribution in [0.3, 0.4) is 0 Å². The van der Waals surface area contributed by atoms with Crippen LogP contribution in [0, 0.1) is 0 Å². The van der Waals surface area contributed by atoms with E-state index in [9.17, 15) is 0 Å². The second-order valence-electron chi connectivity index (χ2n) is 6.51. The molecule has 0 aliphatic heterocycles. The molecule has 2 nitrogen and oxygen atoms in total. The Morgan fingerprint density at radius 1 is 0.333 bits per heavy atom. The lowest BCUT2D eigenvalue weighted by Gasteiger charge is -2.03. The van der Waals surface area contributed by atoms with E-state index >= 15 is 0 Å². The Morgan fingerprint density at radius 3 is 0.714 bits per heavy atom. The molecule has 0 saturated heterocycles. The van der Waals surface area contributed by atoms with Gasteiger partial charge in [0.25, 0.3) is 0 Å². The van der Waals surface area contributed by atoms with Crippen molar-refractivity contribution in [3.8, 4) is 0 Å². The standard InChI is InChI=1S/C19H42N2/c1-20-18-16-14-12-10-8-6-4-3-5-7-9-11-13-15-17-19-21-2/h20-21H,3-19H2,1-2H3. The zero-order valence-electron chi connectivity index (χ0n) is 15.0. The molecule has 0 bridgehead atoms. The van der Waals surface area contributed by atoms with Crippen LogP contribution < -0.4 is 10.6 Å². The maximum Gasteiger partial charge on any atom is -0.00519 e. The minimum atomic E-state index is 1.19. The molecule has 0 amide bonds. The Balaban J connectivity index is 2.90. The predicted molar refractivity (Wildman–Crippen MR) is 97.1 cm³/mol. The molecule has 0 spiro atoms. The van der Waals surface area contributed by atoms with Gasteiger partial charge < -0.3 is 10.6 Å². The van der Waals surface area contributed by atoms with Crippen molar-refractivity contribution in [2.75, 3.05) is 27.2 Å². The molecule has 128 valence electrons. The van der Waals surface area contributed by atoms with E-state index in [-0.39, 0.29) is 0 Å². The quantitative estimate of drug-likeness (QED) is 0.337. The van der Waals surface area contributed by atoms with Gasteiger partial charge in [-0.2, -0.15) is 0 Å². The number of unbranched alkanes of at least 4 members (excludes halogenated alkanes) is 14. The molecule has 21 heavy (non-hydrogen) atoms. The molecule has 0 aromatic heterocycles. The van der Waals surface area contributed by atoms with Crippen molar-refractivity contribution < 1.29 is 0 Å². The van der Waals surface area contributed by atoms with Crippen molar-refractivity contribution in [3.05, 3.63) is 0 Å². The molecule has 0 aliphatic rings. The second kappa shape index (κ2) is 19.9. The Labute approximate surface area is 134 Å². The maximum absolute atomic E-state index is 3.22. The third-order valence-electron chi connectivity index (χ3n) is 4.35. The van der Waals surface area contributed by atoms with Crippen LogP contribution in [0.4, 0.5) is 0 Å². The third-order valence-corrected chi connectivity index (χ3v) is 4.35. The second-order valence-corrected chi connectivity index (χ2v) is 6.51. The van der Waals surface area contributed by atoms with Gasteiger partial charge >= 0.3 is 0 Å². The average Bonchev–Trinajstić information content (AvgIpc) is 2.50. The van der Waals surface area contributed by atoms with Crippen molar-refractivity contribution in [2.45, 2.75) is 96.3 Å². The summed E-state index contributed by atoms with van der Waals surface area (Å²) in [5.74, 6) is 0. The van der Waals surface area contributed by atoms with Gasteiger partial charge in [0.05, 0.1) is 0 Å². The van der Waals surface area contributed by atoms with E-state index in [0.29, 0.717) is 0 Å². The first-order valence-corrected chi connectivity index (χ1v) is 9.71. The summed E-state index contributed by atoms with van der Waals surface area (Å²) in [5, 5.41) is 6.43. The lowest BCUT2D eigenvalue weighted by Crippen LogP contribution is -2.06. The smallest absolute Gasteiger partial charge is 0.00519 e. The van der Waals surface area contributed by atoms with Crippen LogP contribution in [0.25, 0.3) is 0 Å². The highest BCUT2D eigenvalue weighted by Crippen LogP contribution is 2.13. The molecule has 0 heterocycles. The first kappa shape index (κ1) is 20.9. The third kappa shape index (κ3) is 19.9. The summed E-state index contributed by atoms with van der Waals surface area (Å²) in [4.78, 5) is 0. The van der Waals surface area contributed by atoms with Gasteiger partial charge in [-0.05, 0) is 40.0 Å². The Kier molecular flexibility index (Phi) is 19.8. The van der Waals surface area contributed by atoms with Gasteiger partial charge in [-0.15, -0.1) is 0 Å². The van der Waals surface area contributed by atoms with Crippen molar-refractivity contribution in [1.29, 1.82) is 0 Å². The van der Waals surface area contributed by atoms with Crippen LogP contribution in [0.15, 0.2) is 0 Å². The normalized spacial score (nSPS) is 11.1. The predicted octanol–water partition coefficient (Wildman–Crippen LogP) is 5.28. The zero-order valence-corrected chi connectivity index (χ0v) is 15.0. The lowest BCUT2D eigenvalue weighted by atomic mass is 10.0. The molecule has 0 unspecified atom stereocenters. The van der Waals surface area contributed by atoms with Gasteiger partial charge in [-0.25, -0.2) is 0 Å². The van der Waals surface area contributed by atoms with Gasteiger partial charge in [-0.1, -0.05) is 83.5 Å². The lowest BCUT2D eigenvalue weighted by molar-refractivity contribution is 0.527. The summed E-state index contributed by atoms with van der Waals surface area (Å²) in [6.45, 7) is 2.38. The number of rotatable bonds is 18. The largest absolute Gasteiger partial charge is 0.320 e.